The summed E-state index contributed by atoms with van der Waals surface area (Å²) in [6.07, 6.45) is 11.0. The van der Waals surface area contributed by atoms with Gasteiger partial charge in [-0.1, -0.05) is 55.5 Å². The highest BCUT2D eigenvalue weighted by atomic mass is 16.7. The molecule has 1 N–H and O–H groups in total. The van der Waals surface area contributed by atoms with Crippen LogP contribution in [0, 0.1) is 11.8 Å². The number of hydrogen-bond donors (Lipinski definition) is 1. The van der Waals surface area contributed by atoms with Gasteiger partial charge >= 0.3 is 5.97 Å². The Labute approximate surface area is 171 Å². The summed E-state index contributed by atoms with van der Waals surface area (Å²) in [5.41, 5.74) is 1.03. The quantitative estimate of drug-likeness (QED) is 0.281. The van der Waals surface area contributed by atoms with E-state index in [-0.39, 0.29) is 48.5 Å². The molecule has 0 aromatic heterocycles. The first-order valence-electron chi connectivity index (χ1n) is 10.5. The average Bonchev–Trinajstić information content (AvgIpc) is 3.35. The smallest absolute Gasteiger partial charge is 0.303 e. The largest absolute Gasteiger partial charge is 0.481 e. The molecule has 0 radical (unpaired) electrons. The molecular weight excluding hydrogens is 368 g/mol. The van der Waals surface area contributed by atoms with Crippen molar-refractivity contribution in [1.29, 1.82) is 0 Å². The van der Waals surface area contributed by atoms with Crippen molar-refractivity contribution in [3.8, 4) is 0 Å². The van der Waals surface area contributed by atoms with Gasteiger partial charge in [0.05, 0.1) is 12.2 Å². The van der Waals surface area contributed by atoms with Crippen molar-refractivity contribution in [3.63, 3.8) is 0 Å². The Morgan fingerprint density at radius 1 is 1.07 bits per heavy atom. The number of ketones is 1. The molecule has 0 aliphatic carbocycles. The van der Waals surface area contributed by atoms with Gasteiger partial charge in [0.1, 0.15) is 12.2 Å². The van der Waals surface area contributed by atoms with Crippen LogP contribution >= 0.6 is 0 Å². The fourth-order valence-corrected chi connectivity index (χ4v) is 4.66. The first-order valence-corrected chi connectivity index (χ1v) is 10.5. The van der Waals surface area contributed by atoms with Crippen molar-refractivity contribution in [2.75, 3.05) is 0 Å². The van der Waals surface area contributed by atoms with Crippen molar-refractivity contribution in [2.45, 2.75) is 62.9 Å². The SMILES string of the molecule is CC(C(=O)C=C[C@@H]1[C@H](CC=CCCCC(=O)O)[C@H]2O[C@@H]1[C@H]1O[C@H]12)c1ccccc1. The Morgan fingerprint density at radius 3 is 2.55 bits per heavy atom. The molecule has 2 bridgehead atoms. The highest BCUT2D eigenvalue weighted by molar-refractivity contribution is 5.95. The Balaban J connectivity index is 1.36. The van der Waals surface area contributed by atoms with Gasteiger partial charge in [0.15, 0.2) is 5.78 Å². The number of carbonyl (C=O) groups excluding carboxylic acids is 1. The summed E-state index contributed by atoms with van der Waals surface area (Å²) in [4.78, 5) is 23.3. The summed E-state index contributed by atoms with van der Waals surface area (Å²) in [5, 5.41) is 8.71. The van der Waals surface area contributed by atoms with Crippen molar-refractivity contribution >= 4 is 11.8 Å². The fourth-order valence-electron chi connectivity index (χ4n) is 4.66. The predicted molar refractivity (Wildman–Crippen MR) is 109 cm³/mol. The number of unbranched alkanes of at least 4 members (excludes halogenated alkanes) is 1. The van der Waals surface area contributed by atoms with Gasteiger partial charge in [-0.25, -0.2) is 0 Å². The number of carbonyl (C=O) groups is 2. The lowest BCUT2D eigenvalue weighted by Gasteiger charge is -2.22. The van der Waals surface area contributed by atoms with Crippen molar-refractivity contribution in [3.05, 3.63) is 60.2 Å². The van der Waals surface area contributed by atoms with E-state index in [9.17, 15) is 9.59 Å². The predicted octanol–water partition coefficient (Wildman–Crippen LogP) is 3.90. The van der Waals surface area contributed by atoms with E-state index in [2.05, 4.69) is 12.2 Å². The van der Waals surface area contributed by atoms with Crippen LogP contribution in [-0.2, 0) is 19.1 Å². The molecule has 3 heterocycles. The molecule has 1 unspecified atom stereocenters. The summed E-state index contributed by atoms with van der Waals surface area (Å²) in [7, 11) is 0. The minimum absolute atomic E-state index is 0.0477. The number of benzene rings is 1. The molecule has 7 atom stereocenters. The second-order valence-corrected chi connectivity index (χ2v) is 8.26. The third-order valence-corrected chi connectivity index (χ3v) is 6.36. The molecule has 3 saturated heterocycles. The number of hydrogen-bond acceptors (Lipinski definition) is 4. The van der Waals surface area contributed by atoms with Crippen LogP contribution < -0.4 is 0 Å². The van der Waals surface area contributed by atoms with Gasteiger partial charge in [-0.2, -0.15) is 0 Å². The first-order chi connectivity index (χ1) is 14.1. The molecule has 5 heteroatoms. The number of allylic oxidation sites excluding steroid dienone is 3. The normalized spacial score (nSPS) is 33.3. The molecule has 4 rings (SSSR count). The van der Waals surface area contributed by atoms with Gasteiger partial charge < -0.3 is 14.6 Å². The maximum atomic E-state index is 12.7. The maximum Gasteiger partial charge on any atom is 0.303 e. The first kappa shape index (κ1) is 20.0. The third-order valence-electron chi connectivity index (χ3n) is 6.36. The minimum atomic E-state index is -0.753. The van der Waals surface area contributed by atoms with Crippen molar-refractivity contribution < 1.29 is 24.2 Å². The van der Waals surface area contributed by atoms with Gasteiger partial charge in [-0.15, -0.1) is 0 Å². The fraction of sp³-hybridized carbons (Fsp3) is 0.500. The second-order valence-electron chi connectivity index (χ2n) is 8.26. The summed E-state index contributed by atoms with van der Waals surface area (Å²) >= 11 is 0. The van der Waals surface area contributed by atoms with Crippen LogP contribution in [0.2, 0.25) is 0 Å². The minimum Gasteiger partial charge on any atom is -0.481 e. The Morgan fingerprint density at radius 2 is 1.79 bits per heavy atom. The molecule has 0 spiro atoms. The Hall–Kier alpha value is -2.24. The number of rotatable bonds is 10. The number of epoxide rings is 1. The standard InChI is InChI=1S/C24H28O5/c1-15(16-9-5-4-6-10-16)19(25)14-13-18-17(11-7-2-3-8-12-20(26)27)21-23-24(29-23)22(18)28-21/h2,4-7,9-10,13-15,17-18,21-24H,3,8,11-12H2,1H3,(H,26,27)/t15?,17-,18+,21+,22-,23-,24+/m0/s1. The van der Waals surface area contributed by atoms with Gasteiger partial charge in [0.25, 0.3) is 0 Å². The summed E-state index contributed by atoms with van der Waals surface area (Å²) < 4.78 is 11.9. The zero-order valence-corrected chi connectivity index (χ0v) is 16.6. The molecule has 1 aromatic carbocycles. The second kappa shape index (κ2) is 8.64. The van der Waals surface area contributed by atoms with Crippen LogP contribution in [-0.4, -0.2) is 41.3 Å². The molecule has 29 heavy (non-hydrogen) atoms. The van der Waals surface area contributed by atoms with Crippen LogP contribution in [0.25, 0.3) is 0 Å². The van der Waals surface area contributed by atoms with Gasteiger partial charge in [0.2, 0.25) is 0 Å². The molecule has 0 amide bonds. The van der Waals surface area contributed by atoms with E-state index in [1.54, 1.807) is 6.08 Å². The zero-order valence-electron chi connectivity index (χ0n) is 16.6. The summed E-state index contributed by atoms with van der Waals surface area (Å²) in [6.45, 7) is 1.94. The molecule has 3 aliphatic heterocycles. The van der Waals surface area contributed by atoms with E-state index in [1.165, 1.54) is 0 Å². The van der Waals surface area contributed by atoms with E-state index in [4.69, 9.17) is 14.6 Å². The lowest BCUT2D eigenvalue weighted by Crippen LogP contribution is -2.31. The van der Waals surface area contributed by atoms with Gasteiger partial charge in [0, 0.05) is 24.2 Å². The van der Waals surface area contributed by atoms with E-state index < -0.39 is 5.97 Å². The lowest BCUT2D eigenvalue weighted by atomic mass is 9.77. The average molecular weight is 396 g/mol. The number of carboxylic acids is 1. The zero-order chi connectivity index (χ0) is 20.4. The van der Waals surface area contributed by atoms with E-state index >= 15 is 0 Å². The molecule has 1 aromatic rings. The molecule has 3 aliphatic rings. The molecular formula is C24H28O5. The number of ether oxygens (including phenoxy) is 2. The highest BCUT2D eigenvalue weighted by Gasteiger charge is 2.68. The highest BCUT2D eigenvalue weighted by Crippen LogP contribution is 2.55. The van der Waals surface area contributed by atoms with E-state index in [0.29, 0.717) is 12.3 Å². The van der Waals surface area contributed by atoms with Crippen molar-refractivity contribution in [1.82, 2.24) is 0 Å². The number of fused-ring (bicyclic) bond motifs is 5. The van der Waals surface area contributed by atoms with E-state index in [0.717, 1.165) is 18.4 Å². The monoisotopic (exact) mass is 396 g/mol. The maximum absolute atomic E-state index is 12.7. The topological polar surface area (TPSA) is 76.1 Å². The summed E-state index contributed by atoms with van der Waals surface area (Å²) in [5.74, 6) is -0.328. The Bertz CT molecular complexity index is 799. The van der Waals surface area contributed by atoms with Crippen LogP contribution in [0.1, 0.15) is 44.1 Å². The molecule has 154 valence electrons. The number of aliphatic carboxylic acids is 1. The van der Waals surface area contributed by atoms with Crippen LogP contribution in [0.15, 0.2) is 54.6 Å². The molecule has 5 nitrogen and oxygen atoms in total. The molecule has 0 saturated carbocycles. The van der Waals surface area contributed by atoms with Crippen LogP contribution in [0.4, 0.5) is 0 Å². The Kier molecular flexibility index (Phi) is 5.97. The third kappa shape index (κ3) is 4.36. The van der Waals surface area contributed by atoms with E-state index in [1.807, 2.05) is 43.3 Å². The number of carboxylic acid groups (broad SMARTS) is 1. The van der Waals surface area contributed by atoms with Gasteiger partial charge in [-0.05, 0) is 30.9 Å². The lowest BCUT2D eigenvalue weighted by molar-refractivity contribution is -0.137. The molecule has 3 fully saturated rings. The van der Waals surface area contributed by atoms with Crippen LogP contribution in [0.5, 0.6) is 0 Å². The van der Waals surface area contributed by atoms with Gasteiger partial charge in [-0.3, -0.25) is 9.59 Å². The van der Waals surface area contributed by atoms with Crippen LogP contribution in [0.3, 0.4) is 0 Å². The summed E-state index contributed by atoms with van der Waals surface area (Å²) in [6, 6.07) is 9.83. The van der Waals surface area contributed by atoms with Crippen molar-refractivity contribution in [2.24, 2.45) is 11.8 Å².